The number of carbonyl (C=O) groups excluding carboxylic acids is 2. The number of benzene rings is 1. The van der Waals surface area contributed by atoms with E-state index in [1.807, 2.05) is 23.7 Å². The van der Waals surface area contributed by atoms with Gasteiger partial charge in [-0.2, -0.15) is 0 Å². The van der Waals surface area contributed by atoms with Gasteiger partial charge in [0.25, 0.3) is 11.8 Å². The van der Waals surface area contributed by atoms with E-state index < -0.39 is 0 Å². The second-order valence-corrected chi connectivity index (χ2v) is 6.53. The number of nitrogens with zero attached hydrogens (tertiary/aromatic N) is 3. The molecule has 0 saturated carbocycles. The SMILES string of the molecule is Cc1cn2cc(CCN3C(=O)c4ccccc4C3=O)nc2s1. The van der Waals surface area contributed by atoms with Crippen molar-refractivity contribution in [3.63, 3.8) is 0 Å². The molecule has 3 heterocycles. The minimum atomic E-state index is -0.211. The first-order chi connectivity index (χ1) is 10.6. The number of imidazole rings is 1. The van der Waals surface area contributed by atoms with Crippen molar-refractivity contribution in [3.8, 4) is 0 Å². The summed E-state index contributed by atoms with van der Waals surface area (Å²) in [6.45, 7) is 2.40. The first-order valence-electron chi connectivity index (χ1n) is 7.03. The summed E-state index contributed by atoms with van der Waals surface area (Å²) in [5.74, 6) is -0.421. The number of hydrogen-bond donors (Lipinski definition) is 0. The van der Waals surface area contributed by atoms with Crippen LogP contribution in [0.5, 0.6) is 0 Å². The summed E-state index contributed by atoms with van der Waals surface area (Å²) in [7, 11) is 0. The van der Waals surface area contributed by atoms with Crippen LogP contribution in [0.4, 0.5) is 0 Å². The van der Waals surface area contributed by atoms with Gasteiger partial charge >= 0.3 is 0 Å². The van der Waals surface area contributed by atoms with Gasteiger partial charge in [-0.25, -0.2) is 4.98 Å². The maximum absolute atomic E-state index is 12.3. The quantitative estimate of drug-likeness (QED) is 0.699. The zero-order valence-electron chi connectivity index (χ0n) is 11.9. The molecule has 2 aromatic heterocycles. The number of amides is 2. The van der Waals surface area contributed by atoms with Crippen LogP contribution < -0.4 is 0 Å². The fourth-order valence-electron chi connectivity index (χ4n) is 2.75. The molecule has 0 bridgehead atoms. The van der Waals surface area contributed by atoms with Crippen LogP contribution in [0.2, 0.25) is 0 Å². The van der Waals surface area contributed by atoms with Gasteiger partial charge in [-0.15, -0.1) is 11.3 Å². The van der Waals surface area contributed by atoms with Crippen LogP contribution in [0.25, 0.3) is 4.96 Å². The first-order valence-corrected chi connectivity index (χ1v) is 7.84. The molecule has 5 nitrogen and oxygen atoms in total. The fraction of sp³-hybridized carbons (Fsp3) is 0.188. The van der Waals surface area contributed by atoms with Crippen molar-refractivity contribution in [2.75, 3.05) is 6.54 Å². The van der Waals surface area contributed by atoms with Gasteiger partial charge in [-0.1, -0.05) is 12.1 Å². The molecule has 1 aromatic carbocycles. The Morgan fingerprint density at radius 3 is 2.41 bits per heavy atom. The molecule has 2 amide bonds. The summed E-state index contributed by atoms with van der Waals surface area (Å²) in [4.78, 5) is 32.5. The van der Waals surface area contributed by atoms with Crippen LogP contribution >= 0.6 is 11.3 Å². The number of thiazole rings is 1. The van der Waals surface area contributed by atoms with E-state index in [4.69, 9.17) is 0 Å². The molecule has 1 aliphatic heterocycles. The van der Waals surface area contributed by atoms with E-state index >= 15 is 0 Å². The second kappa shape index (κ2) is 4.78. The van der Waals surface area contributed by atoms with E-state index in [0.29, 0.717) is 24.1 Å². The van der Waals surface area contributed by atoms with Crippen LogP contribution in [0, 0.1) is 6.92 Å². The largest absolute Gasteiger partial charge is 0.297 e. The highest BCUT2D eigenvalue weighted by Gasteiger charge is 2.34. The maximum atomic E-state index is 12.3. The first kappa shape index (κ1) is 13.2. The Morgan fingerprint density at radius 1 is 1.09 bits per heavy atom. The van der Waals surface area contributed by atoms with Crippen LogP contribution in [-0.4, -0.2) is 32.6 Å². The molecule has 0 unspecified atom stereocenters. The Bertz CT molecular complexity index is 843. The lowest BCUT2D eigenvalue weighted by Crippen LogP contribution is -2.31. The molecule has 1 aliphatic rings. The Morgan fingerprint density at radius 2 is 1.77 bits per heavy atom. The number of fused-ring (bicyclic) bond motifs is 2. The fourth-order valence-corrected chi connectivity index (χ4v) is 3.58. The highest BCUT2D eigenvalue weighted by molar-refractivity contribution is 7.16. The molecule has 110 valence electrons. The Kier molecular flexibility index (Phi) is 2.87. The Labute approximate surface area is 130 Å². The third-order valence-corrected chi connectivity index (χ3v) is 4.70. The third-order valence-electron chi connectivity index (χ3n) is 3.79. The Balaban J connectivity index is 1.53. The average Bonchev–Trinajstić information content (AvgIpc) is 3.10. The van der Waals surface area contributed by atoms with Gasteiger partial charge in [0.05, 0.1) is 16.8 Å². The van der Waals surface area contributed by atoms with Gasteiger partial charge in [0, 0.05) is 30.2 Å². The van der Waals surface area contributed by atoms with Gasteiger partial charge in [0.1, 0.15) is 0 Å². The minimum absolute atomic E-state index is 0.211. The van der Waals surface area contributed by atoms with Gasteiger partial charge in [-0.05, 0) is 19.1 Å². The van der Waals surface area contributed by atoms with Crippen molar-refractivity contribution in [3.05, 3.63) is 58.4 Å². The molecule has 0 atom stereocenters. The van der Waals surface area contributed by atoms with E-state index in [-0.39, 0.29) is 11.8 Å². The van der Waals surface area contributed by atoms with Gasteiger partial charge in [-0.3, -0.25) is 18.9 Å². The predicted octanol–water partition coefficient (Wildman–Crippen LogP) is 2.54. The van der Waals surface area contributed by atoms with Crippen molar-refractivity contribution >= 4 is 28.1 Å². The van der Waals surface area contributed by atoms with Gasteiger partial charge in [0.2, 0.25) is 0 Å². The predicted molar refractivity (Wildman–Crippen MR) is 83.3 cm³/mol. The topological polar surface area (TPSA) is 54.7 Å². The van der Waals surface area contributed by atoms with E-state index in [1.165, 1.54) is 9.78 Å². The standard InChI is InChI=1S/C16H13N3O2S/c1-10-8-18-9-11(17-16(18)22-10)6-7-19-14(20)12-4-2-3-5-13(12)15(19)21/h2-5,8-9H,6-7H2,1H3. The molecule has 0 N–H and O–H groups in total. The zero-order valence-corrected chi connectivity index (χ0v) is 12.8. The highest BCUT2D eigenvalue weighted by atomic mass is 32.1. The summed E-state index contributed by atoms with van der Waals surface area (Å²) in [6, 6.07) is 6.95. The van der Waals surface area contributed by atoms with Crippen molar-refractivity contribution in [2.45, 2.75) is 13.3 Å². The zero-order chi connectivity index (χ0) is 15.3. The molecule has 0 aliphatic carbocycles. The Hall–Kier alpha value is -2.47. The minimum Gasteiger partial charge on any atom is -0.297 e. The number of hydrogen-bond acceptors (Lipinski definition) is 4. The summed E-state index contributed by atoms with van der Waals surface area (Å²) >= 11 is 1.63. The highest BCUT2D eigenvalue weighted by Crippen LogP contribution is 2.23. The molecule has 0 saturated heterocycles. The molecule has 4 rings (SSSR count). The third kappa shape index (κ3) is 1.95. The number of aryl methyl sites for hydroxylation is 1. The van der Waals surface area contributed by atoms with Crippen LogP contribution in [0.3, 0.4) is 0 Å². The molecule has 0 spiro atoms. The van der Waals surface area contributed by atoms with E-state index in [9.17, 15) is 9.59 Å². The lowest BCUT2D eigenvalue weighted by molar-refractivity contribution is 0.0656. The summed E-state index contributed by atoms with van der Waals surface area (Å²) in [6.07, 6.45) is 4.55. The molecule has 0 fully saturated rings. The van der Waals surface area contributed by atoms with Crippen LogP contribution in [-0.2, 0) is 6.42 Å². The summed E-state index contributed by atoms with van der Waals surface area (Å²) < 4.78 is 1.98. The van der Waals surface area contributed by atoms with E-state index in [1.54, 1.807) is 35.6 Å². The van der Waals surface area contributed by atoms with Crippen molar-refractivity contribution in [1.29, 1.82) is 0 Å². The van der Waals surface area contributed by atoms with Gasteiger partial charge < -0.3 is 0 Å². The molecular formula is C16H13N3O2S. The lowest BCUT2D eigenvalue weighted by atomic mass is 10.1. The summed E-state index contributed by atoms with van der Waals surface area (Å²) in [5.41, 5.74) is 1.88. The monoisotopic (exact) mass is 311 g/mol. The van der Waals surface area contributed by atoms with Crippen molar-refractivity contribution < 1.29 is 9.59 Å². The second-order valence-electron chi connectivity index (χ2n) is 5.32. The number of carbonyl (C=O) groups is 2. The molecule has 3 aromatic rings. The number of aromatic nitrogens is 2. The molecule has 0 radical (unpaired) electrons. The molecule has 6 heteroatoms. The van der Waals surface area contributed by atoms with Crippen molar-refractivity contribution in [2.24, 2.45) is 0 Å². The van der Waals surface area contributed by atoms with Crippen molar-refractivity contribution in [1.82, 2.24) is 14.3 Å². The lowest BCUT2D eigenvalue weighted by Gasteiger charge is -2.12. The van der Waals surface area contributed by atoms with Crippen LogP contribution in [0.1, 0.15) is 31.3 Å². The van der Waals surface area contributed by atoms with E-state index in [2.05, 4.69) is 4.98 Å². The normalized spacial score (nSPS) is 14.1. The number of imide groups is 1. The average molecular weight is 311 g/mol. The number of rotatable bonds is 3. The molecular weight excluding hydrogens is 298 g/mol. The van der Waals surface area contributed by atoms with E-state index in [0.717, 1.165) is 10.7 Å². The smallest absolute Gasteiger partial charge is 0.261 e. The van der Waals surface area contributed by atoms with Gasteiger partial charge in [0.15, 0.2) is 4.96 Å². The summed E-state index contributed by atoms with van der Waals surface area (Å²) in [5, 5.41) is 0. The molecule has 22 heavy (non-hydrogen) atoms. The van der Waals surface area contributed by atoms with Crippen LogP contribution in [0.15, 0.2) is 36.7 Å². The maximum Gasteiger partial charge on any atom is 0.261 e.